The van der Waals surface area contributed by atoms with Crippen molar-refractivity contribution in [2.24, 2.45) is 0 Å². The monoisotopic (exact) mass is 516 g/mol. The number of aryl methyl sites for hydroxylation is 1. The fraction of sp³-hybridized carbons (Fsp3) is 0.391. The van der Waals surface area contributed by atoms with Crippen LogP contribution in [-0.4, -0.2) is 53.8 Å². The highest BCUT2D eigenvalue weighted by atomic mass is 32.2. The number of halogens is 1. The predicted molar refractivity (Wildman–Crippen MR) is 129 cm³/mol. The number of anilines is 1. The van der Waals surface area contributed by atoms with Crippen LogP contribution in [0.4, 0.5) is 15.0 Å². The van der Waals surface area contributed by atoms with E-state index in [0.29, 0.717) is 23.5 Å². The number of pyridine rings is 1. The molecule has 1 atom stereocenters. The molecule has 2 fully saturated rings. The number of hydrogen-bond acceptors (Lipinski definition) is 7. The van der Waals surface area contributed by atoms with Gasteiger partial charge in [0, 0.05) is 24.7 Å². The van der Waals surface area contributed by atoms with Gasteiger partial charge in [0.15, 0.2) is 5.82 Å². The molecule has 1 saturated heterocycles. The second-order valence-corrected chi connectivity index (χ2v) is 11.6. The van der Waals surface area contributed by atoms with Crippen molar-refractivity contribution in [3.05, 3.63) is 64.3 Å². The van der Waals surface area contributed by atoms with Gasteiger partial charge in [-0.25, -0.2) is 32.3 Å². The van der Waals surface area contributed by atoms with Crippen molar-refractivity contribution in [3.63, 3.8) is 0 Å². The van der Waals surface area contributed by atoms with E-state index < -0.39 is 21.5 Å². The second kappa shape index (κ2) is 8.92. The van der Waals surface area contributed by atoms with Gasteiger partial charge in [-0.05, 0) is 74.1 Å². The Morgan fingerprint density at radius 1 is 1.26 bits per heavy atom. The lowest BCUT2D eigenvalue weighted by molar-refractivity contribution is 0.220. The zero-order chi connectivity index (χ0) is 24.8. The van der Waals surface area contributed by atoms with Gasteiger partial charge in [0.25, 0.3) is 0 Å². The number of rotatable bonds is 6. The van der Waals surface area contributed by atoms with Gasteiger partial charge in [0.1, 0.15) is 22.0 Å². The first-order valence-corrected chi connectivity index (χ1v) is 13.5. The molecule has 3 aromatic rings. The molecule has 35 heavy (non-hydrogen) atoms. The molecule has 2 aromatic heterocycles. The minimum atomic E-state index is -3.83. The summed E-state index contributed by atoms with van der Waals surface area (Å²) in [7, 11) is -2.52. The molecule has 0 radical (unpaired) electrons. The number of urea groups is 1. The largest absolute Gasteiger partial charge is 0.323 e. The number of benzene rings is 1. The van der Waals surface area contributed by atoms with Crippen LogP contribution in [0.5, 0.6) is 0 Å². The Kier molecular flexibility index (Phi) is 6.06. The number of amides is 2. The summed E-state index contributed by atoms with van der Waals surface area (Å²) < 4.78 is 46.0. The smallest absolute Gasteiger partial charge is 0.323 e. The number of nitrogens with zero attached hydrogens (tertiary/aromatic N) is 4. The molecule has 1 aromatic carbocycles. The van der Waals surface area contributed by atoms with Gasteiger partial charge in [-0.15, -0.1) is 0 Å². The quantitative estimate of drug-likeness (QED) is 0.519. The lowest BCUT2D eigenvalue weighted by Crippen LogP contribution is -2.38. The molecule has 0 unspecified atom stereocenters. The third-order valence-electron chi connectivity index (χ3n) is 6.71. The van der Waals surface area contributed by atoms with Crippen molar-refractivity contribution in [3.8, 4) is 0 Å². The number of carbonyl (C=O) groups excluding carboxylic acids is 1. The highest BCUT2D eigenvalue weighted by molar-refractivity contribution is 7.89. The van der Waals surface area contributed by atoms with E-state index >= 15 is 0 Å². The Balaban J connectivity index is 1.46. The Bertz CT molecular complexity index is 1380. The highest BCUT2D eigenvalue weighted by Gasteiger charge is 2.45. The van der Waals surface area contributed by atoms with Crippen LogP contribution < -0.4 is 10.0 Å². The Labute approximate surface area is 207 Å². The number of sulfonamides is 1. The van der Waals surface area contributed by atoms with Gasteiger partial charge in [-0.3, -0.25) is 5.32 Å². The van der Waals surface area contributed by atoms with Gasteiger partial charge >= 0.3 is 6.03 Å². The predicted octanol–water partition coefficient (Wildman–Crippen LogP) is 3.39. The zero-order valence-corrected chi connectivity index (χ0v) is 20.9. The summed E-state index contributed by atoms with van der Waals surface area (Å²) in [5, 5.41) is 3.42. The first-order valence-electron chi connectivity index (χ1n) is 11.3. The van der Waals surface area contributed by atoms with Crippen molar-refractivity contribution >= 4 is 33.4 Å². The van der Waals surface area contributed by atoms with Crippen LogP contribution in [-0.2, 0) is 15.4 Å². The van der Waals surface area contributed by atoms with Gasteiger partial charge in [-0.2, -0.15) is 4.37 Å². The number of aromatic nitrogens is 3. The topological polar surface area (TPSA) is 117 Å². The lowest BCUT2D eigenvalue weighted by atomic mass is 9.80. The Morgan fingerprint density at radius 2 is 2.06 bits per heavy atom. The molecule has 0 bridgehead atoms. The molecule has 1 aliphatic heterocycles. The number of likely N-dealkylation sites (tertiary alicyclic amines) is 1. The molecule has 5 rings (SSSR count). The second-order valence-electron chi connectivity index (χ2n) is 8.96. The standard InChI is InChI=1S/C23H25FN6O3S2/c1-14-3-6-16(11-17(14)24)23(21-26-13-27-34-21)9-10-30(12-23)22(31)29-20-19(35(32,33)25-2)8-7-18(28-20)15-4-5-15/h3,6-8,11,13,15,25H,4-5,9-10,12H2,1-2H3,(H,28,29,31)/t23-/m1/s1. The fourth-order valence-electron chi connectivity index (χ4n) is 4.46. The van der Waals surface area contributed by atoms with Crippen molar-refractivity contribution in [2.45, 2.75) is 42.4 Å². The third kappa shape index (κ3) is 4.41. The molecule has 2 aliphatic rings. The SMILES string of the molecule is CNS(=O)(=O)c1ccc(C2CC2)nc1NC(=O)N1CC[C@@](c2ccc(C)c(F)c2)(c2ncns2)C1. The van der Waals surface area contributed by atoms with E-state index in [9.17, 15) is 17.6 Å². The van der Waals surface area contributed by atoms with Gasteiger partial charge < -0.3 is 4.90 Å². The maximum Gasteiger partial charge on any atom is 0.323 e. The summed E-state index contributed by atoms with van der Waals surface area (Å²) >= 11 is 1.22. The summed E-state index contributed by atoms with van der Waals surface area (Å²) in [5.74, 6) is -0.0360. The van der Waals surface area contributed by atoms with E-state index in [0.717, 1.165) is 24.1 Å². The fourth-order valence-corrected chi connectivity index (χ4v) is 6.02. The molecule has 12 heteroatoms. The summed E-state index contributed by atoms with van der Waals surface area (Å²) in [6.07, 6.45) is 3.96. The van der Waals surface area contributed by atoms with Gasteiger partial charge in [-0.1, -0.05) is 12.1 Å². The van der Waals surface area contributed by atoms with E-state index in [4.69, 9.17) is 0 Å². The van der Waals surface area contributed by atoms with Crippen LogP contribution in [0.25, 0.3) is 0 Å². The molecule has 9 nitrogen and oxygen atoms in total. The minimum Gasteiger partial charge on any atom is -0.323 e. The molecule has 2 N–H and O–H groups in total. The van der Waals surface area contributed by atoms with Crippen LogP contribution in [0.15, 0.2) is 41.6 Å². The first-order chi connectivity index (χ1) is 16.7. The van der Waals surface area contributed by atoms with E-state index in [1.54, 1.807) is 24.0 Å². The molecule has 0 spiro atoms. The molecule has 1 aliphatic carbocycles. The van der Waals surface area contributed by atoms with Crippen molar-refractivity contribution < 1.29 is 17.6 Å². The Morgan fingerprint density at radius 3 is 2.71 bits per heavy atom. The van der Waals surface area contributed by atoms with Gasteiger partial charge in [0.2, 0.25) is 10.0 Å². The number of carbonyl (C=O) groups is 1. The molecule has 184 valence electrons. The van der Waals surface area contributed by atoms with Crippen LogP contribution in [0.2, 0.25) is 0 Å². The van der Waals surface area contributed by atoms with Crippen LogP contribution in [0, 0.1) is 12.7 Å². The summed E-state index contributed by atoms with van der Waals surface area (Å²) in [5.41, 5.74) is 1.31. The lowest BCUT2D eigenvalue weighted by Gasteiger charge is -2.28. The van der Waals surface area contributed by atoms with Crippen LogP contribution >= 0.6 is 11.5 Å². The average Bonchev–Trinajstić information content (AvgIpc) is 3.35. The highest BCUT2D eigenvalue weighted by Crippen LogP contribution is 2.42. The molecule has 2 amide bonds. The van der Waals surface area contributed by atoms with Crippen LogP contribution in [0.3, 0.4) is 0 Å². The summed E-state index contributed by atoms with van der Waals surface area (Å²) in [4.78, 5) is 23.7. The number of hydrogen-bond donors (Lipinski definition) is 2. The van der Waals surface area contributed by atoms with Crippen molar-refractivity contribution in [1.29, 1.82) is 0 Å². The maximum atomic E-state index is 14.5. The van der Waals surface area contributed by atoms with Crippen molar-refractivity contribution in [1.82, 2.24) is 24.0 Å². The van der Waals surface area contributed by atoms with E-state index in [1.165, 1.54) is 37.0 Å². The van der Waals surface area contributed by atoms with Gasteiger partial charge in [0.05, 0.1) is 5.41 Å². The Hall–Kier alpha value is -2.96. The maximum absolute atomic E-state index is 14.5. The zero-order valence-electron chi connectivity index (χ0n) is 19.3. The summed E-state index contributed by atoms with van der Waals surface area (Å²) in [6.45, 7) is 2.31. The van der Waals surface area contributed by atoms with Crippen molar-refractivity contribution in [2.75, 3.05) is 25.5 Å². The molecule has 1 saturated carbocycles. The minimum absolute atomic E-state index is 0.00328. The molecule has 3 heterocycles. The average molecular weight is 517 g/mol. The third-order valence-corrected chi connectivity index (χ3v) is 9.03. The number of nitrogens with one attached hydrogen (secondary N) is 2. The molecular weight excluding hydrogens is 491 g/mol. The van der Waals surface area contributed by atoms with E-state index in [1.807, 2.05) is 6.07 Å². The molecular formula is C23H25FN6O3S2. The van der Waals surface area contributed by atoms with Crippen LogP contribution in [0.1, 0.15) is 47.0 Å². The summed E-state index contributed by atoms with van der Waals surface area (Å²) in [6, 6.07) is 7.78. The van der Waals surface area contributed by atoms with E-state index in [2.05, 4.69) is 24.4 Å². The first kappa shape index (κ1) is 23.8. The normalized spacial score (nSPS) is 20.3. The van der Waals surface area contributed by atoms with E-state index in [-0.39, 0.29) is 29.0 Å².